The first-order chi connectivity index (χ1) is 13.1. The molecular weight excluding hydrogens is 349 g/mol. The van der Waals surface area contributed by atoms with Gasteiger partial charge in [0.1, 0.15) is 17.6 Å². The Morgan fingerprint density at radius 1 is 1.26 bits per heavy atom. The summed E-state index contributed by atoms with van der Waals surface area (Å²) in [4.78, 5) is 16.6. The average molecular weight is 367 g/mol. The second-order valence-corrected chi connectivity index (χ2v) is 6.47. The molecule has 0 unspecified atom stereocenters. The zero-order chi connectivity index (χ0) is 18.8. The van der Waals surface area contributed by atoms with Crippen molar-refractivity contribution < 1.29 is 18.4 Å². The zero-order valence-electron chi connectivity index (χ0n) is 14.7. The summed E-state index contributed by atoms with van der Waals surface area (Å²) in [5.41, 5.74) is 2.71. The van der Waals surface area contributed by atoms with Crippen molar-refractivity contribution in [3.63, 3.8) is 0 Å². The summed E-state index contributed by atoms with van der Waals surface area (Å²) in [6.07, 6.45) is 1.13. The summed E-state index contributed by atoms with van der Waals surface area (Å²) in [6.45, 7) is 2.46. The van der Waals surface area contributed by atoms with Gasteiger partial charge < -0.3 is 14.6 Å². The summed E-state index contributed by atoms with van der Waals surface area (Å²) in [5.74, 6) is 1.07. The number of carbonyl (C=O) groups excluding carboxylic acids is 1. The molecule has 3 aromatic rings. The maximum atomic E-state index is 13.0. The van der Waals surface area contributed by atoms with E-state index in [2.05, 4.69) is 15.5 Å². The molecule has 1 aliphatic heterocycles. The van der Waals surface area contributed by atoms with Crippen LogP contribution >= 0.6 is 0 Å². The number of rotatable bonds is 5. The zero-order valence-corrected chi connectivity index (χ0v) is 14.7. The van der Waals surface area contributed by atoms with E-state index in [0.29, 0.717) is 23.9 Å². The van der Waals surface area contributed by atoms with Gasteiger partial charge in [0.15, 0.2) is 0 Å². The number of ether oxygens (including phenoxy) is 1. The number of hydrogen-bond acceptors (Lipinski definition) is 5. The smallest absolute Gasteiger partial charge is 0.249 e. The summed E-state index contributed by atoms with van der Waals surface area (Å²) in [5, 5.41) is 6.75. The number of carbonyl (C=O) groups is 1. The maximum Gasteiger partial charge on any atom is 0.249 e. The second kappa shape index (κ2) is 7.19. The van der Waals surface area contributed by atoms with Crippen molar-refractivity contribution >= 4 is 5.91 Å². The van der Waals surface area contributed by atoms with Crippen molar-refractivity contribution in [2.45, 2.75) is 25.8 Å². The van der Waals surface area contributed by atoms with Gasteiger partial charge >= 0.3 is 0 Å². The fourth-order valence-corrected chi connectivity index (χ4v) is 3.02. The van der Waals surface area contributed by atoms with Crippen LogP contribution in [0.4, 0.5) is 4.39 Å². The largest absolute Gasteiger partial charge is 0.493 e. The highest BCUT2D eigenvalue weighted by molar-refractivity contribution is 5.79. The number of benzene rings is 2. The molecule has 2 aromatic carbocycles. The molecule has 0 bridgehead atoms. The highest BCUT2D eigenvalue weighted by atomic mass is 19.1. The number of fused-ring (bicyclic) bond motifs is 1. The molecule has 4 rings (SSSR count). The van der Waals surface area contributed by atoms with Gasteiger partial charge in [0.05, 0.1) is 13.0 Å². The fourth-order valence-electron chi connectivity index (χ4n) is 3.02. The molecule has 0 aliphatic carbocycles. The number of amides is 1. The molecule has 6 nitrogen and oxygen atoms in total. The van der Waals surface area contributed by atoms with E-state index in [1.165, 1.54) is 12.1 Å². The van der Waals surface area contributed by atoms with Crippen LogP contribution in [0.1, 0.15) is 30.0 Å². The minimum atomic E-state index is -0.433. The van der Waals surface area contributed by atoms with E-state index in [1.54, 1.807) is 19.1 Å². The molecule has 0 spiro atoms. The van der Waals surface area contributed by atoms with Crippen molar-refractivity contribution in [1.29, 1.82) is 0 Å². The highest BCUT2D eigenvalue weighted by Gasteiger charge is 2.18. The van der Waals surface area contributed by atoms with E-state index in [4.69, 9.17) is 9.26 Å². The van der Waals surface area contributed by atoms with E-state index in [-0.39, 0.29) is 18.1 Å². The van der Waals surface area contributed by atoms with Crippen LogP contribution < -0.4 is 10.1 Å². The molecule has 0 radical (unpaired) electrons. The average Bonchev–Trinajstić information content (AvgIpc) is 3.31. The minimum absolute atomic E-state index is 0.136. The van der Waals surface area contributed by atoms with E-state index in [1.807, 2.05) is 18.2 Å². The van der Waals surface area contributed by atoms with Crippen molar-refractivity contribution in [2.75, 3.05) is 6.61 Å². The number of nitrogens with one attached hydrogen (secondary N) is 1. The fraction of sp³-hybridized carbons (Fsp3) is 0.250. The molecule has 7 heteroatoms. The van der Waals surface area contributed by atoms with E-state index < -0.39 is 6.04 Å². The molecule has 2 heterocycles. The van der Waals surface area contributed by atoms with Crippen LogP contribution in [0.5, 0.6) is 5.75 Å². The normalized spacial score (nSPS) is 13.7. The first kappa shape index (κ1) is 17.2. The SMILES string of the molecule is C[C@@H](NC(=O)Cc1ccc2c(c1)CCO2)c1nc(-c2ccc(F)cc2)no1. The third-order valence-corrected chi connectivity index (χ3v) is 4.41. The Labute approximate surface area is 155 Å². The van der Waals surface area contributed by atoms with Gasteiger partial charge in [-0.15, -0.1) is 0 Å². The molecule has 1 aromatic heterocycles. The number of halogens is 1. The lowest BCUT2D eigenvalue weighted by molar-refractivity contribution is -0.121. The topological polar surface area (TPSA) is 77.2 Å². The van der Waals surface area contributed by atoms with Crippen LogP contribution in [0, 0.1) is 5.82 Å². The quantitative estimate of drug-likeness (QED) is 0.749. The van der Waals surface area contributed by atoms with Gasteiger partial charge in [-0.1, -0.05) is 17.3 Å². The van der Waals surface area contributed by atoms with Crippen molar-refractivity contribution in [2.24, 2.45) is 0 Å². The van der Waals surface area contributed by atoms with Gasteiger partial charge in [-0.3, -0.25) is 4.79 Å². The lowest BCUT2D eigenvalue weighted by atomic mass is 10.1. The molecule has 138 valence electrons. The number of aromatic nitrogens is 2. The van der Waals surface area contributed by atoms with Gasteiger partial charge in [-0.25, -0.2) is 4.39 Å². The Balaban J connectivity index is 1.39. The van der Waals surface area contributed by atoms with Crippen LogP contribution in [0.15, 0.2) is 47.0 Å². The molecule has 0 saturated carbocycles. The van der Waals surface area contributed by atoms with Crippen LogP contribution in [0.3, 0.4) is 0 Å². The molecule has 0 saturated heterocycles. The third-order valence-electron chi connectivity index (χ3n) is 4.41. The minimum Gasteiger partial charge on any atom is -0.493 e. The van der Waals surface area contributed by atoms with Gasteiger partial charge in [-0.05, 0) is 48.4 Å². The lowest BCUT2D eigenvalue weighted by Crippen LogP contribution is -2.28. The molecule has 1 amide bonds. The van der Waals surface area contributed by atoms with Crippen LogP contribution in [-0.4, -0.2) is 22.7 Å². The van der Waals surface area contributed by atoms with Gasteiger partial charge in [0, 0.05) is 12.0 Å². The monoisotopic (exact) mass is 367 g/mol. The van der Waals surface area contributed by atoms with E-state index in [0.717, 1.165) is 23.3 Å². The molecular formula is C20H18FN3O3. The van der Waals surface area contributed by atoms with E-state index in [9.17, 15) is 9.18 Å². The Hall–Kier alpha value is -3.22. The number of hydrogen-bond donors (Lipinski definition) is 1. The van der Waals surface area contributed by atoms with Crippen LogP contribution in [0.2, 0.25) is 0 Å². The summed E-state index contributed by atoms with van der Waals surface area (Å²) in [6, 6.07) is 11.2. The van der Waals surface area contributed by atoms with Crippen molar-refractivity contribution in [1.82, 2.24) is 15.5 Å². The maximum absolute atomic E-state index is 13.0. The van der Waals surface area contributed by atoms with Gasteiger partial charge in [-0.2, -0.15) is 4.98 Å². The first-order valence-electron chi connectivity index (χ1n) is 8.72. The van der Waals surface area contributed by atoms with E-state index >= 15 is 0 Å². The standard InChI is InChI=1S/C20H18FN3O3/c1-12(20-23-19(24-27-20)14-3-5-16(21)6-4-14)22-18(25)11-13-2-7-17-15(10-13)8-9-26-17/h2-7,10,12H,8-9,11H2,1H3,(H,22,25)/t12-/m1/s1. The van der Waals surface area contributed by atoms with Crippen molar-refractivity contribution in [3.8, 4) is 17.1 Å². The second-order valence-electron chi connectivity index (χ2n) is 6.47. The highest BCUT2D eigenvalue weighted by Crippen LogP contribution is 2.26. The van der Waals surface area contributed by atoms with Crippen molar-refractivity contribution in [3.05, 3.63) is 65.3 Å². The Bertz CT molecular complexity index is 969. The third kappa shape index (κ3) is 3.81. The number of nitrogens with zero attached hydrogens (tertiary/aromatic N) is 2. The molecule has 1 atom stereocenters. The van der Waals surface area contributed by atoms with Gasteiger partial charge in [0.25, 0.3) is 0 Å². The molecule has 27 heavy (non-hydrogen) atoms. The predicted molar refractivity (Wildman–Crippen MR) is 95.6 cm³/mol. The molecule has 0 fully saturated rings. The molecule has 1 aliphatic rings. The summed E-state index contributed by atoms with van der Waals surface area (Å²) in [7, 11) is 0. The van der Waals surface area contributed by atoms with Crippen LogP contribution in [-0.2, 0) is 17.6 Å². The first-order valence-corrected chi connectivity index (χ1v) is 8.72. The summed E-state index contributed by atoms with van der Waals surface area (Å²) >= 11 is 0. The predicted octanol–water partition coefficient (Wildman–Crippen LogP) is 3.23. The molecule has 1 N–H and O–H groups in total. The van der Waals surface area contributed by atoms with Gasteiger partial charge in [0.2, 0.25) is 17.6 Å². The lowest BCUT2D eigenvalue weighted by Gasteiger charge is -2.10. The Kier molecular flexibility index (Phi) is 4.58. The Morgan fingerprint density at radius 2 is 2.07 bits per heavy atom. The summed E-state index contributed by atoms with van der Waals surface area (Å²) < 4.78 is 23.7. The Morgan fingerprint density at radius 3 is 2.89 bits per heavy atom. The van der Waals surface area contributed by atoms with Crippen LogP contribution in [0.25, 0.3) is 11.4 Å².